The molecule has 0 aromatic heterocycles. The number of Topliss-reactive ketones (excluding diaryl/α,β-unsaturated/α-hetero) is 4. The van der Waals surface area contributed by atoms with E-state index in [9.17, 15) is 19.2 Å². The van der Waals surface area contributed by atoms with Gasteiger partial charge in [0.15, 0.2) is 46.0 Å². The van der Waals surface area contributed by atoms with E-state index in [4.69, 9.17) is 87.2 Å². The van der Waals surface area contributed by atoms with Gasteiger partial charge in [0, 0.05) is 159 Å². The summed E-state index contributed by atoms with van der Waals surface area (Å²) in [7, 11) is -5.32. The number of methoxy groups -OCH3 is 8. The summed E-state index contributed by atoms with van der Waals surface area (Å²) in [4.78, 5) is 59.5. The summed E-state index contributed by atoms with van der Waals surface area (Å²) in [5, 5.41) is 0. The van der Waals surface area contributed by atoms with Crippen molar-refractivity contribution in [3.8, 4) is 46.0 Å². The third kappa shape index (κ3) is 16.4. The van der Waals surface area contributed by atoms with E-state index in [1.807, 2.05) is 37.5 Å². The van der Waals surface area contributed by atoms with Gasteiger partial charge in [-0.1, -0.05) is 68.0 Å². The Bertz CT molecular complexity index is 4820. The molecule has 10 atom stereocenters. The highest BCUT2D eigenvalue weighted by Gasteiger charge is 2.43. The first-order chi connectivity index (χ1) is 58.8. The van der Waals surface area contributed by atoms with Crippen LogP contribution in [0, 0.1) is 47.2 Å². The van der Waals surface area contributed by atoms with Crippen LogP contribution in [0.25, 0.3) is 0 Å². The Morgan fingerprint density at radius 3 is 1.20 bits per heavy atom. The van der Waals surface area contributed by atoms with Gasteiger partial charge in [-0.3, -0.25) is 38.8 Å². The topological polar surface area (TPSA) is 155 Å². The van der Waals surface area contributed by atoms with Crippen molar-refractivity contribution in [3.05, 3.63) is 93.0 Å². The smallest absolute Gasteiger partial charge is 0.161 e. The van der Waals surface area contributed by atoms with Crippen LogP contribution < -0.4 is 37.9 Å². The predicted molar refractivity (Wildman–Crippen MR) is 370 cm³/mol. The Hall–Kier alpha value is -6.20. The molecule has 0 N–H and O–H groups in total. The number of carbonyl (C=O) groups is 4. The van der Waals surface area contributed by atoms with Crippen molar-refractivity contribution in [2.24, 2.45) is 47.2 Å². The molecule has 8 aliphatic heterocycles. The van der Waals surface area contributed by atoms with Crippen LogP contribution in [0.3, 0.4) is 0 Å². The second kappa shape index (κ2) is 32.7. The molecule has 16 heteroatoms. The molecule has 516 valence electrons. The molecule has 8 heterocycles. The molecule has 12 rings (SSSR count). The first-order valence-electron chi connectivity index (χ1n) is 49.6. The van der Waals surface area contributed by atoms with Gasteiger partial charge in [0.05, 0.1) is 73.0 Å². The summed E-state index contributed by atoms with van der Waals surface area (Å²) >= 11 is 0. The van der Waals surface area contributed by atoms with Gasteiger partial charge in [-0.15, -0.1) is 0 Å². The largest absolute Gasteiger partial charge is 0.493 e. The molecule has 0 saturated carbocycles. The molecule has 0 bridgehead atoms. The van der Waals surface area contributed by atoms with Gasteiger partial charge in [-0.25, -0.2) is 0 Å². The third-order valence-corrected chi connectivity index (χ3v) is 18.3. The van der Waals surface area contributed by atoms with Gasteiger partial charge in [-0.05, 0) is 168 Å². The normalized spacial score (nSPS) is 35.5. The van der Waals surface area contributed by atoms with Gasteiger partial charge < -0.3 is 37.9 Å². The molecule has 0 spiro atoms. The molecule has 94 heavy (non-hydrogen) atoms. The van der Waals surface area contributed by atoms with Gasteiger partial charge >= 0.3 is 0 Å². The number of fused-ring (bicyclic) bond motifs is 12. The van der Waals surface area contributed by atoms with E-state index in [0.29, 0.717) is 75.4 Å². The van der Waals surface area contributed by atoms with Crippen LogP contribution in [0.5, 0.6) is 46.0 Å². The Balaban J connectivity index is 0.000000197. The zero-order chi connectivity index (χ0) is 98.9. The lowest BCUT2D eigenvalue weighted by Gasteiger charge is -2.43. The van der Waals surface area contributed by atoms with Gasteiger partial charge in [0.25, 0.3) is 0 Å². The lowest BCUT2D eigenvalue weighted by Crippen LogP contribution is -2.46. The quantitative estimate of drug-likeness (QED) is 0.0926. The van der Waals surface area contributed by atoms with Crippen LogP contribution in [-0.4, -0.2) is 152 Å². The molecule has 4 fully saturated rings. The molecule has 16 nitrogen and oxygen atoms in total. The lowest BCUT2D eigenvalue weighted by molar-refractivity contribution is -0.130. The Morgan fingerprint density at radius 1 is 0.457 bits per heavy atom. The highest BCUT2D eigenvalue weighted by Crippen LogP contribution is 2.48. The monoisotopic (exact) mass is 1330 g/mol. The van der Waals surface area contributed by atoms with Crippen molar-refractivity contribution in [2.45, 2.75) is 169 Å². The van der Waals surface area contributed by atoms with Gasteiger partial charge in [0.1, 0.15) is 23.1 Å². The second-order valence-corrected chi connectivity index (χ2v) is 25.0. The fraction of sp³-hybridized carbons (Fsp3) is 0.641. The fourth-order valence-corrected chi connectivity index (χ4v) is 13.6. The summed E-state index contributed by atoms with van der Waals surface area (Å²) in [5.41, 5.74) is 5.07. The number of ketones is 4. The van der Waals surface area contributed by atoms with Crippen molar-refractivity contribution in [1.82, 2.24) is 19.6 Å². The van der Waals surface area contributed by atoms with Crippen LogP contribution in [0.4, 0.5) is 0 Å². The number of hydrogen-bond donors (Lipinski definition) is 0. The molecule has 0 aliphatic carbocycles. The second-order valence-electron chi connectivity index (χ2n) is 25.0. The molecular weight excluding hydrogens is 1180 g/mol. The van der Waals surface area contributed by atoms with E-state index in [-0.39, 0.29) is 114 Å². The minimum Gasteiger partial charge on any atom is -0.493 e. The van der Waals surface area contributed by atoms with E-state index in [1.54, 1.807) is 41.3 Å². The van der Waals surface area contributed by atoms with Crippen LogP contribution >= 0.6 is 0 Å². The number of carbonyl (C=O) groups excluding carboxylic acids is 4. The maximum atomic E-state index is 13.6. The first-order valence-corrected chi connectivity index (χ1v) is 31.6. The maximum absolute atomic E-state index is 13.6. The van der Waals surface area contributed by atoms with Crippen molar-refractivity contribution < 1.29 is 106 Å². The van der Waals surface area contributed by atoms with Crippen molar-refractivity contribution in [2.75, 3.05) is 109 Å². The standard InChI is InChI=1S/2C20H29NO3.2C19H27NO3/c2*1-5-13(2)8-15-12-21-7-6-14-9-19(23-3)20(24-4)10-16(14)17(21)11-18(15)22;2*1-12(2)7-14-11-20-6-5-13-8-18(22-3)19(23-4)9-15(13)16(20)10-17(14)21/h2*9-10,13,15,17H,5-8,11-12H2,1-4H3;2*8-9,12,14,16H,5-7,10-11H2,1-4H3/i2D3,3D3,5D2,8D2,11D2,13D,15D;2D3,3D3,5D2,8D2,13D;3D3,10D2,14D;3D3,11D2. The van der Waals surface area contributed by atoms with Crippen molar-refractivity contribution in [1.29, 1.82) is 0 Å². The summed E-state index contributed by atoms with van der Waals surface area (Å²) in [6.45, 7) is 1.17. The SMILES string of the molecule is [2H]C([2H])([2H])Oc1cc2c(cc1OC)C1CC(=O)C(C([2H])([2H])C([2H])(C([2H])([2H])[2H])C([2H])([2H])C)CN1CC2.[2H]C([2H])([2H])Oc1cc2c(cc1OC)C1CC(=O)C(CC(C)C)C([2H])([2H])N1CC2.[2H]C([2H])([2H])Oc1cc2c(cc1OC)C1N(CC2)CC([2H])(C([2H])([2H])C([2H])(C([2H])([2H])[2H])C([2H])([2H])C)C(=O)C1([2H])[2H].[2H]C([2H])([2H])Oc1cc2c(cc1OC)C1N(CC2)CC([2H])(CC(C)C)C(=O)C1([2H])[2H]. The highest BCUT2D eigenvalue weighted by atomic mass is 16.5. The number of piperidine rings is 4. The van der Waals surface area contributed by atoms with Crippen LogP contribution in [0.15, 0.2) is 48.5 Å². The Morgan fingerprint density at radius 2 is 0.809 bits per heavy atom. The fourth-order valence-electron chi connectivity index (χ4n) is 13.6. The molecular formula is C78H112N4O12. The number of hydrogen-bond acceptors (Lipinski definition) is 16. The van der Waals surface area contributed by atoms with E-state index in [2.05, 4.69) is 0 Å². The van der Waals surface area contributed by atoms with Gasteiger partial charge in [0.2, 0.25) is 0 Å². The molecule has 10 unspecified atom stereocenters. The highest BCUT2D eigenvalue weighted by molar-refractivity contribution is 5.85. The molecule has 0 radical (unpaired) electrons. The zero-order valence-corrected chi connectivity index (χ0v) is 55.0. The molecule has 4 aromatic rings. The third-order valence-electron chi connectivity index (χ3n) is 18.3. The van der Waals surface area contributed by atoms with Gasteiger partial charge in [-0.2, -0.15) is 0 Å². The molecule has 0 amide bonds. The average molecular weight is 1330 g/mol. The first kappa shape index (κ1) is 38.1. The summed E-state index contributed by atoms with van der Waals surface area (Å²) < 4.78 is 329. The van der Waals surface area contributed by atoms with E-state index >= 15 is 0 Å². The molecule has 4 saturated heterocycles. The van der Waals surface area contributed by atoms with Crippen LogP contribution in [0.1, 0.15) is 237 Å². The Labute approximate surface area is 612 Å². The zero-order valence-electron chi connectivity index (χ0n) is 91.0. The van der Waals surface area contributed by atoms with E-state index in [0.717, 1.165) is 29.2 Å². The summed E-state index contributed by atoms with van der Waals surface area (Å²) in [6.07, 6.45) is -15.2. The van der Waals surface area contributed by atoms with Crippen LogP contribution in [-0.2, 0) is 44.9 Å². The number of nitrogens with zero attached hydrogens (tertiary/aromatic N) is 4. The van der Waals surface area contributed by atoms with Crippen LogP contribution in [0.2, 0.25) is 0 Å². The molecule has 4 aromatic carbocycles. The average Bonchev–Trinajstić information content (AvgIpc) is 0.679. The predicted octanol–water partition coefficient (Wildman–Crippen LogP) is 13.7. The minimum atomic E-state index is -3.67. The number of ether oxygens (including phenoxy) is 8. The summed E-state index contributed by atoms with van der Waals surface area (Å²) in [5.74, 6) is -15.6. The maximum Gasteiger partial charge on any atom is 0.161 e. The van der Waals surface area contributed by atoms with Crippen molar-refractivity contribution >= 4 is 23.1 Å². The summed E-state index contributed by atoms with van der Waals surface area (Å²) in [6, 6.07) is 9.20. The number of rotatable bonds is 18. The minimum absolute atomic E-state index is 0.0293. The van der Waals surface area contributed by atoms with E-state index < -0.39 is 164 Å². The van der Waals surface area contributed by atoms with Crippen molar-refractivity contribution in [3.63, 3.8) is 0 Å². The van der Waals surface area contributed by atoms with E-state index in [1.165, 1.54) is 45.5 Å². The lowest BCUT2D eigenvalue weighted by atomic mass is 9.79. The number of benzene rings is 4. The molecule has 8 aliphatic rings. The Kier molecular flexibility index (Phi) is 13.2.